The van der Waals surface area contributed by atoms with E-state index in [1.807, 2.05) is 320 Å². The second-order valence-corrected chi connectivity index (χ2v) is 43.1. The molecule has 0 N–H and O–H groups in total. The SMILES string of the molecule is CC(C)c1cn(-c2ccc3c(c2)N(c2ccn(C)n2)C(=O)C3(C)C)cn1.Cc1ncc(-c2ccc3c(c2)N(c2ccn(C)n2)C(=O)C3(C)C)o1.Cc1ncc(-c2ccc3c(c2)N(c2cn(C)cn2)C(=O)C3(C)C)o1.Cc1nnc(-c2ccc3c(c2)N(c2cn(C)cn2)C(=O)C3(C)C)o1.Cn1ccc(N2C(=O)C(C)(C)c3ccc(-n4cnc(C5CC5)c4)cc32)n1.Cn1cnc(N2C(=O)C(C)(C)c3ccc(-n4cnc(C5CC5)c4)cc32)c1. The monoisotopic (exact) mass is 2010 g/mol. The molecular formula is C113H118N28O9. The van der Waals surface area contributed by atoms with Crippen molar-refractivity contribution in [3.05, 3.63) is 302 Å². The van der Waals surface area contributed by atoms with E-state index in [9.17, 15) is 28.8 Å². The van der Waals surface area contributed by atoms with Crippen molar-refractivity contribution in [3.8, 4) is 51.2 Å². The summed E-state index contributed by atoms with van der Waals surface area (Å²) in [6.45, 7) is 33.0. The summed E-state index contributed by atoms with van der Waals surface area (Å²) in [5.74, 6) is 9.14. The summed E-state index contributed by atoms with van der Waals surface area (Å²) in [6.07, 6.45) is 36.3. The van der Waals surface area contributed by atoms with E-state index in [0.29, 0.717) is 87.7 Å². The molecule has 0 saturated heterocycles. The van der Waals surface area contributed by atoms with Crippen molar-refractivity contribution in [1.29, 1.82) is 0 Å². The van der Waals surface area contributed by atoms with Crippen LogP contribution in [0.4, 0.5) is 69.0 Å². The smallest absolute Gasteiger partial charge is 0.247 e. The minimum absolute atomic E-state index is 0.00457. The van der Waals surface area contributed by atoms with Crippen molar-refractivity contribution in [2.45, 2.75) is 194 Å². The van der Waals surface area contributed by atoms with E-state index in [1.54, 1.807) is 81.7 Å². The molecule has 26 rings (SSSR count). The van der Waals surface area contributed by atoms with Crippen LogP contribution in [-0.4, -0.2) is 142 Å². The number of rotatable bonds is 15. The summed E-state index contributed by atoms with van der Waals surface area (Å²) < 4.78 is 33.5. The molecule has 6 aliphatic heterocycles. The highest BCUT2D eigenvalue weighted by Crippen LogP contribution is 2.54. The normalized spacial score (nSPS) is 16.7. The molecule has 2 saturated carbocycles. The summed E-state index contributed by atoms with van der Waals surface area (Å²) in [5, 5.41) is 21.2. The Hall–Kier alpha value is -17.4. The van der Waals surface area contributed by atoms with Crippen LogP contribution in [0.3, 0.4) is 0 Å². The van der Waals surface area contributed by atoms with Crippen LogP contribution in [0.1, 0.15) is 209 Å². The van der Waals surface area contributed by atoms with Gasteiger partial charge >= 0.3 is 0 Å². The molecule has 18 aromatic rings. The standard InChI is InChI=1S/2C20H21N5O.C20H23N5O.2C18H18N4O2.C17H17N5O2/c1-20(2)15-7-6-14(24-9-16(21-12-24)13-4-5-13)8-17(15)25(19(20)26)18-10-23(3)11-22-18;1-20(2)15-7-6-14(24-11-16(21-12-24)13-4-5-13)10-17(15)25(19(20)26)18-8-9-23(3)22-18;1-13(2)16-11-24(12-21-16)14-6-7-15-17(10-14)25(19(26)20(15,3)4)18-8-9-23(5)22-18;1-11-19-8-15(24-11)12-5-6-13-14(7-12)22(17(23)18(13,2)3)16-9-21(4)10-20-16;1-11-19-10-15(24-11)12-5-6-13-14(9-12)22(17(23)18(13,2)3)16-7-8-21(4)20-16;1-10-19-20-15(24-10)11-5-6-12-13(7-11)22(16(23)17(12,2)3)14-8-21(4)9-18-14/h2*6-13H,4-5H2,1-3H3;6-13H,1-5H3;2*5-10H,1-4H3;5-9H,1-4H3. The molecule has 6 amide bonds. The predicted molar refractivity (Wildman–Crippen MR) is 567 cm³/mol. The molecule has 12 aromatic heterocycles. The average molecular weight is 2010 g/mol. The fraction of sp³-hybridized carbons (Fsp3) is 0.319. The molecule has 764 valence electrons. The molecular weight excluding hydrogens is 1890 g/mol. The number of carbonyl (C=O) groups excluding carboxylic acids is 6. The van der Waals surface area contributed by atoms with E-state index in [1.165, 1.54) is 25.7 Å². The number of hydrogen-bond donors (Lipinski definition) is 0. The Labute approximate surface area is 866 Å². The van der Waals surface area contributed by atoms with Crippen LogP contribution in [0, 0.1) is 20.8 Å². The second-order valence-electron chi connectivity index (χ2n) is 43.1. The number of amides is 6. The molecule has 0 atom stereocenters. The Bertz CT molecular complexity index is 7640. The van der Waals surface area contributed by atoms with E-state index in [2.05, 4.69) is 128 Å². The molecule has 2 fully saturated rings. The lowest BCUT2D eigenvalue weighted by atomic mass is 9.86. The lowest BCUT2D eigenvalue weighted by Gasteiger charge is -2.18. The first-order valence-electron chi connectivity index (χ1n) is 50.0. The molecule has 8 aliphatic rings. The number of aryl methyl sites for hydroxylation is 9. The van der Waals surface area contributed by atoms with Gasteiger partial charge in [0, 0.05) is 183 Å². The van der Waals surface area contributed by atoms with Crippen molar-refractivity contribution >= 4 is 104 Å². The minimum Gasteiger partial charge on any atom is -0.441 e. The highest BCUT2D eigenvalue weighted by molar-refractivity contribution is 6.17. The third-order valence-corrected chi connectivity index (χ3v) is 29.3. The Morgan fingerprint density at radius 2 is 0.593 bits per heavy atom. The maximum absolute atomic E-state index is 13.1. The number of benzene rings is 6. The molecule has 6 aromatic carbocycles. The van der Waals surface area contributed by atoms with Gasteiger partial charge < -0.3 is 40.7 Å². The maximum Gasteiger partial charge on any atom is 0.247 e. The number of aromatic nitrogens is 22. The molecule has 150 heavy (non-hydrogen) atoms. The van der Waals surface area contributed by atoms with Crippen molar-refractivity contribution < 1.29 is 42.0 Å². The number of nitrogens with zero attached hydrogens (tertiary/aromatic N) is 28. The number of imidazole rings is 6. The van der Waals surface area contributed by atoms with Gasteiger partial charge in [0.1, 0.15) is 0 Å². The number of fused-ring (bicyclic) bond motifs is 6. The van der Waals surface area contributed by atoms with E-state index in [0.717, 1.165) is 118 Å². The zero-order valence-corrected chi connectivity index (χ0v) is 88.2. The van der Waals surface area contributed by atoms with Crippen LogP contribution >= 0.6 is 0 Å². The first-order chi connectivity index (χ1) is 71.3. The molecule has 37 nitrogen and oxygen atoms in total. The fourth-order valence-electron chi connectivity index (χ4n) is 20.2. The number of hydrogen-bond acceptors (Lipinski definition) is 22. The third kappa shape index (κ3) is 17.4. The lowest BCUT2D eigenvalue weighted by Crippen LogP contribution is -2.33. The van der Waals surface area contributed by atoms with Gasteiger partial charge in [-0.25, -0.2) is 39.9 Å². The van der Waals surface area contributed by atoms with Crippen LogP contribution in [0.25, 0.3) is 51.2 Å². The first-order valence-corrected chi connectivity index (χ1v) is 50.0. The second kappa shape index (κ2) is 36.6. The molecule has 0 radical (unpaired) electrons. The van der Waals surface area contributed by atoms with Crippen molar-refractivity contribution in [1.82, 2.24) is 107 Å². The summed E-state index contributed by atoms with van der Waals surface area (Å²) in [5.41, 5.74) is 16.6. The van der Waals surface area contributed by atoms with Gasteiger partial charge in [-0.05, 0) is 209 Å². The largest absolute Gasteiger partial charge is 0.441 e. The Morgan fingerprint density at radius 3 is 0.860 bits per heavy atom. The molecule has 0 spiro atoms. The summed E-state index contributed by atoms with van der Waals surface area (Å²) in [4.78, 5) is 123. The van der Waals surface area contributed by atoms with Gasteiger partial charge in [0.05, 0.1) is 134 Å². The average Bonchev–Trinajstić information content (AvgIpc) is 1.59. The van der Waals surface area contributed by atoms with E-state index in [4.69, 9.17) is 13.3 Å². The van der Waals surface area contributed by atoms with Gasteiger partial charge in [-0.2, -0.15) is 15.3 Å². The van der Waals surface area contributed by atoms with Gasteiger partial charge in [-0.3, -0.25) is 72.2 Å². The van der Waals surface area contributed by atoms with Crippen LogP contribution in [-0.2, 0) is 104 Å². The van der Waals surface area contributed by atoms with E-state index in [-0.39, 0.29) is 35.4 Å². The van der Waals surface area contributed by atoms with Crippen LogP contribution < -0.4 is 29.4 Å². The molecule has 0 bridgehead atoms. The van der Waals surface area contributed by atoms with Crippen LogP contribution in [0.15, 0.2) is 247 Å². The Morgan fingerprint density at radius 1 is 0.300 bits per heavy atom. The van der Waals surface area contributed by atoms with Crippen molar-refractivity contribution in [3.63, 3.8) is 0 Å². The van der Waals surface area contributed by atoms with Crippen LogP contribution in [0.2, 0.25) is 0 Å². The quantitative estimate of drug-likeness (QED) is 0.0920. The summed E-state index contributed by atoms with van der Waals surface area (Å²) in [7, 11) is 11.2. The molecule has 0 unspecified atom stereocenters. The fourth-order valence-corrected chi connectivity index (χ4v) is 20.2. The zero-order valence-electron chi connectivity index (χ0n) is 88.2. The van der Waals surface area contributed by atoms with E-state index < -0.39 is 32.5 Å². The number of anilines is 12. The van der Waals surface area contributed by atoms with Gasteiger partial charge in [0.2, 0.25) is 47.2 Å². The Balaban J connectivity index is 0.000000105. The third-order valence-electron chi connectivity index (χ3n) is 29.3. The zero-order chi connectivity index (χ0) is 106. The predicted octanol–water partition coefficient (Wildman–Crippen LogP) is 20.0. The van der Waals surface area contributed by atoms with Crippen molar-refractivity contribution in [2.24, 2.45) is 42.3 Å². The highest BCUT2D eigenvalue weighted by atomic mass is 16.4. The minimum atomic E-state index is -0.615. The highest BCUT2D eigenvalue weighted by Gasteiger charge is 2.52. The lowest BCUT2D eigenvalue weighted by molar-refractivity contribution is -0.122. The maximum atomic E-state index is 13.1. The summed E-state index contributed by atoms with van der Waals surface area (Å²) in [6, 6.07) is 41.7. The van der Waals surface area contributed by atoms with Gasteiger partial charge in [-0.1, -0.05) is 62.4 Å². The topological polar surface area (TPSA) is 373 Å². The first kappa shape index (κ1) is 98.6. The van der Waals surface area contributed by atoms with Gasteiger partial charge in [0.25, 0.3) is 0 Å². The Kier molecular flexibility index (Phi) is 24.1. The molecule has 37 heteroatoms. The molecule has 18 heterocycles. The van der Waals surface area contributed by atoms with Crippen molar-refractivity contribution in [2.75, 3.05) is 29.4 Å². The van der Waals surface area contributed by atoms with Crippen LogP contribution in [0.5, 0.6) is 0 Å². The number of oxazole rings is 2. The summed E-state index contributed by atoms with van der Waals surface area (Å²) >= 11 is 0. The van der Waals surface area contributed by atoms with Gasteiger partial charge in [0.15, 0.2) is 58.2 Å². The number of carbonyl (C=O) groups is 6. The van der Waals surface area contributed by atoms with E-state index >= 15 is 0 Å². The van der Waals surface area contributed by atoms with Gasteiger partial charge in [-0.15, -0.1) is 10.2 Å². The molecule has 2 aliphatic carbocycles.